The van der Waals surface area contributed by atoms with Gasteiger partial charge in [0.1, 0.15) is 5.82 Å². The van der Waals surface area contributed by atoms with E-state index in [-0.39, 0.29) is 31.4 Å². The zero-order valence-corrected chi connectivity index (χ0v) is 13.8. The predicted octanol–water partition coefficient (Wildman–Crippen LogP) is -0.395. The molecule has 1 aliphatic rings. The Morgan fingerprint density at radius 1 is 1.26 bits per heavy atom. The molecule has 1 heterocycles. The maximum absolute atomic E-state index is 13.6. The van der Waals surface area contributed by atoms with E-state index in [4.69, 9.17) is 5.14 Å². The second-order valence-corrected chi connectivity index (χ2v) is 7.13. The molecular weight excluding hydrogens is 323 g/mol. The van der Waals surface area contributed by atoms with Crippen LogP contribution < -0.4 is 5.14 Å². The fourth-order valence-electron chi connectivity index (χ4n) is 2.50. The van der Waals surface area contributed by atoms with E-state index in [1.54, 1.807) is 35.0 Å². The Hall–Kier alpha value is -1.55. The summed E-state index contributed by atoms with van der Waals surface area (Å²) in [5, 5.41) is 5.06. The molecule has 0 atom stereocenters. The zero-order chi connectivity index (χ0) is 17.0. The molecule has 0 bridgehead atoms. The summed E-state index contributed by atoms with van der Waals surface area (Å²) >= 11 is 0. The quantitative estimate of drug-likeness (QED) is 0.788. The van der Waals surface area contributed by atoms with Gasteiger partial charge >= 0.3 is 0 Å². The molecule has 1 saturated heterocycles. The van der Waals surface area contributed by atoms with E-state index in [9.17, 15) is 17.6 Å². The highest BCUT2D eigenvalue weighted by Gasteiger charge is 2.26. The molecule has 1 aromatic rings. The van der Waals surface area contributed by atoms with Gasteiger partial charge < -0.3 is 4.90 Å². The zero-order valence-electron chi connectivity index (χ0n) is 13.0. The molecular formula is C14H21FN4O3S. The van der Waals surface area contributed by atoms with Crippen LogP contribution >= 0.6 is 0 Å². The maximum atomic E-state index is 13.6. The second-order valence-electron chi connectivity index (χ2n) is 5.59. The number of benzene rings is 1. The highest BCUT2D eigenvalue weighted by atomic mass is 32.2. The summed E-state index contributed by atoms with van der Waals surface area (Å²) in [5.41, 5.74) is 0.529. The minimum absolute atomic E-state index is 0.113. The normalized spacial score (nSPS) is 16.8. The maximum Gasteiger partial charge on any atom is 0.277 e. The molecule has 1 aromatic carbocycles. The standard InChI is InChI=1S/C14H21FN4O3S/c1-17(10-12-4-2-3-5-13(12)15)11-14(20)18-6-8-19(9-7-18)23(16,21)22/h2-5H,6-11H2,1H3,(H2,16,21,22). The molecule has 0 spiro atoms. The van der Waals surface area contributed by atoms with Gasteiger partial charge in [-0.25, -0.2) is 9.53 Å². The van der Waals surface area contributed by atoms with Crippen molar-refractivity contribution in [3.05, 3.63) is 35.6 Å². The van der Waals surface area contributed by atoms with E-state index in [1.807, 2.05) is 0 Å². The van der Waals surface area contributed by atoms with Gasteiger partial charge in [0, 0.05) is 38.3 Å². The van der Waals surface area contributed by atoms with E-state index in [2.05, 4.69) is 0 Å². The number of nitrogens with zero attached hydrogens (tertiary/aromatic N) is 3. The van der Waals surface area contributed by atoms with Crippen LogP contribution in [0.25, 0.3) is 0 Å². The van der Waals surface area contributed by atoms with Crippen LogP contribution in [0.4, 0.5) is 4.39 Å². The monoisotopic (exact) mass is 344 g/mol. The van der Waals surface area contributed by atoms with E-state index < -0.39 is 10.2 Å². The average molecular weight is 344 g/mol. The molecule has 1 aliphatic heterocycles. The largest absolute Gasteiger partial charge is 0.339 e. The van der Waals surface area contributed by atoms with E-state index in [1.165, 1.54) is 6.07 Å². The Bertz CT molecular complexity index is 660. The Kier molecular flexibility index (Phi) is 5.69. The molecule has 9 heteroatoms. The Balaban J connectivity index is 1.84. The lowest BCUT2D eigenvalue weighted by Crippen LogP contribution is -2.53. The van der Waals surface area contributed by atoms with Crippen LogP contribution in [0.3, 0.4) is 0 Å². The number of rotatable bonds is 5. The van der Waals surface area contributed by atoms with Gasteiger partial charge in [-0.15, -0.1) is 0 Å². The fraction of sp³-hybridized carbons (Fsp3) is 0.500. The van der Waals surface area contributed by atoms with Crippen LogP contribution in [-0.4, -0.2) is 68.2 Å². The summed E-state index contributed by atoms with van der Waals surface area (Å²) in [5.74, 6) is -0.411. The Labute approximate surface area is 135 Å². The SMILES string of the molecule is CN(CC(=O)N1CCN(S(N)(=O)=O)CC1)Cc1ccccc1F. The van der Waals surface area contributed by atoms with E-state index in [0.717, 1.165) is 4.31 Å². The summed E-state index contributed by atoms with van der Waals surface area (Å²) in [4.78, 5) is 15.6. The number of carbonyl (C=O) groups excluding carboxylic acids is 1. The van der Waals surface area contributed by atoms with Crippen LogP contribution in [-0.2, 0) is 21.5 Å². The first-order valence-electron chi connectivity index (χ1n) is 7.25. The van der Waals surface area contributed by atoms with Crippen LogP contribution in [0, 0.1) is 5.82 Å². The number of likely N-dealkylation sites (N-methyl/N-ethyl adjacent to an activating group) is 1. The number of amides is 1. The highest BCUT2D eigenvalue weighted by molar-refractivity contribution is 7.86. The third-order valence-electron chi connectivity index (χ3n) is 3.75. The molecule has 1 fully saturated rings. The van der Waals surface area contributed by atoms with Crippen molar-refractivity contribution in [2.75, 3.05) is 39.8 Å². The highest BCUT2D eigenvalue weighted by Crippen LogP contribution is 2.10. The average Bonchev–Trinajstić information content (AvgIpc) is 2.49. The molecule has 128 valence electrons. The van der Waals surface area contributed by atoms with Gasteiger partial charge in [-0.1, -0.05) is 18.2 Å². The van der Waals surface area contributed by atoms with Gasteiger partial charge in [0.15, 0.2) is 0 Å². The van der Waals surface area contributed by atoms with Crippen LogP contribution in [0.1, 0.15) is 5.56 Å². The minimum Gasteiger partial charge on any atom is -0.339 e. The van der Waals surface area contributed by atoms with Gasteiger partial charge in [0.05, 0.1) is 6.54 Å². The number of hydrogen-bond acceptors (Lipinski definition) is 4. The van der Waals surface area contributed by atoms with Crippen molar-refractivity contribution in [2.45, 2.75) is 6.54 Å². The van der Waals surface area contributed by atoms with Crippen LogP contribution in [0.15, 0.2) is 24.3 Å². The van der Waals surface area contributed by atoms with Gasteiger partial charge in [0.2, 0.25) is 5.91 Å². The van der Waals surface area contributed by atoms with E-state index >= 15 is 0 Å². The first kappa shape index (κ1) is 17.8. The van der Waals surface area contributed by atoms with Gasteiger partial charge in [-0.05, 0) is 13.1 Å². The van der Waals surface area contributed by atoms with Crippen molar-refractivity contribution in [3.8, 4) is 0 Å². The predicted molar refractivity (Wildman–Crippen MR) is 84.0 cm³/mol. The second kappa shape index (κ2) is 7.35. The van der Waals surface area contributed by atoms with Crippen LogP contribution in [0.2, 0.25) is 0 Å². The van der Waals surface area contributed by atoms with Crippen molar-refractivity contribution in [1.29, 1.82) is 0 Å². The summed E-state index contributed by atoms with van der Waals surface area (Å²) < 4.78 is 37.2. The fourth-order valence-corrected chi connectivity index (χ4v) is 3.17. The number of nitrogens with two attached hydrogens (primary N) is 1. The Morgan fingerprint density at radius 3 is 2.43 bits per heavy atom. The minimum atomic E-state index is -3.70. The van der Waals surface area contributed by atoms with Gasteiger partial charge in [-0.2, -0.15) is 12.7 Å². The molecule has 0 unspecified atom stereocenters. The molecule has 2 N–H and O–H groups in total. The van der Waals surface area contributed by atoms with Crippen molar-refractivity contribution in [3.63, 3.8) is 0 Å². The first-order valence-corrected chi connectivity index (χ1v) is 8.75. The van der Waals surface area contributed by atoms with Crippen molar-refractivity contribution >= 4 is 16.1 Å². The van der Waals surface area contributed by atoms with Gasteiger partial charge in [-0.3, -0.25) is 9.69 Å². The summed E-state index contributed by atoms with van der Waals surface area (Å²) in [6.45, 7) is 1.48. The molecule has 2 rings (SSSR count). The van der Waals surface area contributed by atoms with E-state index in [0.29, 0.717) is 25.2 Å². The molecule has 7 nitrogen and oxygen atoms in total. The lowest BCUT2D eigenvalue weighted by Gasteiger charge is -2.33. The van der Waals surface area contributed by atoms with Crippen LogP contribution in [0.5, 0.6) is 0 Å². The lowest BCUT2D eigenvalue weighted by molar-refractivity contribution is -0.133. The number of halogens is 1. The molecule has 0 aromatic heterocycles. The number of piperazine rings is 1. The van der Waals surface area contributed by atoms with Crippen molar-refractivity contribution in [1.82, 2.24) is 14.1 Å². The third kappa shape index (κ3) is 4.96. The smallest absolute Gasteiger partial charge is 0.277 e. The molecule has 1 amide bonds. The summed E-state index contributed by atoms with van der Waals surface area (Å²) in [6, 6.07) is 6.44. The van der Waals surface area contributed by atoms with Gasteiger partial charge in [0.25, 0.3) is 10.2 Å². The molecule has 0 saturated carbocycles. The first-order chi connectivity index (χ1) is 10.8. The third-order valence-corrected chi connectivity index (χ3v) is 4.84. The lowest BCUT2D eigenvalue weighted by atomic mass is 10.2. The summed E-state index contributed by atoms with van der Waals surface area (Å²) in [7, 11) is -1.96. The molecule has 0 radical (unpaired) electrons. The molecule has 0 aliphatic carbocycles. The topological polar surface area (TPSA) is 86.9 Å². The number of carbonyl (C=O) groups is 1. The molecule has 23 heavy (non-hydrogen) atoms. The van der Waals surface area contributed by atoms with Crippen molar-refractivity contribution < 1.29 is 17.6 Å². The van der Waals surface area contributed by atoms with Crippen molar-refractivity contribution in [2.24, 2.45) is 5.14 Å². The number of hydrogen-bond donors (Lipinski definition) is 1. The Morgan fingerprint density at radius 2 is 1.87 bits per heavy atom. The summed E-state index contributed by atoms with van der Waals surface area (Å²) in [6.07, 6.45) is 0.